The summed E-state index contributed by atoms with van der Waals surface area (Å²) in [6.45, 7) is 6.03. The van der Waals surface area contributed by atoms with Gasteiger partial charge in [0.25, 0.3) is 5.91 Å². The molecule has 33 heavy (non-hydrogen) atoms. The number of nitrogens with one attached hydrogen (secondary N) is 2. The zero-order valence-corrected chi connectivity index (χ0v) is 20.2. The Hall–Kier alpha value is -2.80. The first-order valence-electron chi connectivity index (χ1n) is 11.4. The lowest BCUT2D eigenvalue weighted by Gasteiger charge is -2.34. The van der Waals surface area contributed by atoms with Crippen LogP contribution in [0.5, 0.6) is 0 Å². The zero-order valence-electron chi connectivity index (χ0n) is 19.4. The Morgan fingerprint density at radius 1 is 1.00 bits per heavy atom. The van der Waals surface area contributed by atoms with Crippen molar-refractivity contribution in [3.05, 3.63) is 59.7 Å². The Labute approximate surface area is 199 Å². The summed E-state index contributed by atoms with van der Waals surface area (Å²) in [4.78, 5) is 37.9. The normalized spacial score (nSPS) is 20.0. The third kappa shape index (κ3) is 7.35. The highest BCUT2D eigenvalue weighted by Gasteiger charge is 2.28. The van der Waals surface area contributed by atoms with Crippen molar-refractivity contribution in [1.29, 1.82) is 0 Å². The predicted octanol–water partition coefficient (Wildman–Crippen LogP) is 4.82. The number of anilines is 1. The van der Waals surface area contributed by atoms with E-state index < -0.39 is 5.97 Å². The number of aryl methyl sites for hydroxylation is 1. The number of carbonyl (C=O) groups excluding carboxylic acids is 3. The summed E-state index contributed by atoms with van der Waals surface area (Å²) in [6, 6.07) is 14.6. The SMILES string of the molecule is Cc1ccc(NC(=O)CSc2ccccc2C(=O)OCC(=O)N[C@H]2CCC[C@@H](C)[C@@H]2C)cc1. The van der Waals surface area contributed by atoms with E-state index in [4.69, 9.17) is 4.74 Å². The Morgan fingerprint density at radius 3 is 2.48 bits per heavy atom. The lowest BCUT2D eigenvalue weighted by molar-refractivity contribution is -0.125. The molecule has 3 rings (SSSR count). The molecule has 0 aliphatic heterocycles. The average molecular weight is 469 g/mol. The van der Waals surface area contributed by atoms with E-state index in [0.717, 1.165) is 24.1 Å². The molecule has 0 radical (unpaired) electrons. The third-order valence-corrected chi connectivity index (χ3v) is 7.26. The van der Waals surface area contributed by atoms with Crippen LogP contribution in [0.4, 0.5) is 5.69 Å². The summed E-state index contributed by atoms with van der Waals surface area (Å²) in [6.07, 6.45) is 3.23. The van der Waals surface area contributed by atoms with Crippen molar-refractivity contribution in [3.63, 3.8) is 0 Å². The van der Waals surface area contributed by atoms with Crippen LogP contribution in [0.15, 0.2) is 53.4 Å². The minimum Gasteiger partial charge on any atom is -0.452 e. The van der Waals surface area contributed by atoms with Crippen molar-refractivity contribution >= 4 is 35.2 Å². The molecule has 2 amide bonds. The molecule has 7 heteroatoms. The molecule has 0 bridgehead atoms. The molecule has 0 saturated heterocycles. The highest BCUT2D eigenvalue weighted by atomic mass is 32.2. The van der Waals surface area contributed by atoms with Crippen LogP contribution in [0.25, 0.3) is 0 Å². The molecule has 1 aliphatic rings. The van der Waals surface area contributed by atoms with Crippen molar-refractivity contribution in [2.24, 2.45) is 11.8 Å². The number of amides is 2. The highest BCUT2D eigenvalue weighted by molar-refractivity contribution is 8.00. The highest BCUT2D eigenvalue weighted by Crippen LogP contribution is 2.29. The summed E-state index contributed by atoms with van der Waals surface area (Å²) in [5, 5.41) is 5.86. The molecule has 1 aliphatic carbocycles. The quantitative estimate of drug-likeness (QED) is 0.428. The second-order valence-corrected chi connectivity index (χ2v) is 9.73. The summed E-state index contributed by atoms with van der Waals surface area (Å²) in [5.74, 6) is 0.104. The predicted molar refractivity (Wildman–Crippen MR) is 131 cm³/mol. The van der Waals surface area contributed by atoms with Gasteiger partial charge >= 0.3 is 5.97 Å². The Bertz CT molecular complexity index is 977. The van der Waals surface area contributed by atoms with Crippen LogP contribution in [0.1, 0.15) is 49.0 Å². The molecule has 3 atom stereocenters. The number of hydrogen-bond acceptors (Lipinski definition) is 5. The summed E-state index contributed by atoms with van der Waals surface area (Å²) in [5.41, 5.74) is 2.19. The van der Waals surface area contributed by atoms with Gasteiger partial charge in [-0.1, -0.05) is 56.5 Å². The Balaban J connectivity index is 1.50. The van der Waals surface area contributed by atoms with E-state index in [0.29, 0.717) is 22.3 Å². The molecule has 0 unspecified atom stereocenters. The van der Waals surface area contributed by atoms with Gasteiger partial charge in [0.15, 0.2) is 6.61 Å². The van der Waals surface area contributed by atoms with E-state index in [1.54, 1.807) is 24.3 Å². The van der Waals surface area contributed by atoms with E-state index in [-0.39, 0.29) is 30.2 Å². The van der Waals surface area contributed by atoms with Gasteiger partial charge in [0.1, 0.15) is 0 Å². The summed E-state index contributed by atoms with van der Waals surface area (Å²) < 4.78 is 5.28. The standard InChI is InChI=1S/C26H32N2O4S/c1-17-11-13-20(14-12-17)27-25(30)16-33-23-10-5-4-8-21(23)26(31)32-15-24(29)28-22-9-6-7-18(2)19(22)3/h4-5,8,10-14,18-19,22H,6-7,9,15-16H2,1-3H3,(H,27,30)(H,28,29)/t18-,19+,22+/m1/s1. The fraction of sp³-hybridized carbons (Fsp3) is 0.423. The average Bonchev–Trinajstić information content (AvgIpc) is 2.81. The van der Waals surface area contributed by atoms with Gasteiger partial charge in [-0.3, -0.25) is 9.59 Å². The van der Waals surface area contributed by atoms with Gasteiger partial charge in [-0.05, 0) is 49.4 Å². The molecule has 0 spiro atoms. The smallest absolute Gasteiger partial charge is 0.339 e. The fourth-order valence-electron chi connectivity index (χ4n) is 3.98. The van der Waals surface area contributed by atoms with E-state index in [1.807, 2.05) is 31.2 Å². The van der Waals surface area contributed by atoms with Crippen LogP contribution >= 0.6 is 11.8 Å². The van der Waals surface area contributed by atoms with E-state index >= 15 is 0 Å². The first-order chi connectivity index (χ1) is 15.8. The van der Waals surface area contributed by atoms with E-state index in [2.05, 4.69) is 24.5 Å². The van der Waals surface area contributed by atoms with Crippen LogP contribution < -0.4 is 10.6 Å². The molecule has 2 N–H and O–H groups in total. The topological polar surface area (TPSA) is 84.5 Å². The summed E-state index contributed by atoms with van der Waals surface area (Å²) in [7, 11) is 0. The van der Waals surface area contributed by atoms with Crippen LogP contribution in [-0.2, 0) is 14.3 Å². The number of esters is 1. The van der Waals surface area contributed by atoms with Gasteiger partial charge in [0.05, 0.1) is 11.3 Å². The minimum absolute atomic E-state index is 0.120. The van der Waals surface area contributed by atoms with Gasteiger partial charge < -0.3 is 15.4 Å². The van der Waals surface area contributed by atoms with Crippen molar-refractivity contribution in [2.75, 3.05) is 17.7 Å². The maximum atomic E-state index is 12.6. The van der Waals surface area contributed by atoms with Crippen LogP contribution in [0, 0.1) is 18.8 Å². The van der Waals surface area contributed by atoms with Gasteiger partial charge in [-0.15, -0.1) is 11.8 Å². The lowest BCUT2D eigenvalue weighted by atomic mass is 9.78. The number of thioether (sulfide) groups is 1. The van der Waals surface area contributed by atoms with E-state index in [9.17, 15) is 14.4 Å². The van der Waals surface area contributed by atoms with Crippen LogP contribution in [0.2, 0.25) is 0 Å². The minimum atomic E-state index is -0.572. The molecule has 0 heterocycles. The Kier molecular flexibility index (Phi) is 8.95. The molecule has 1 saturated carbocycles. The molecule has 176 valence electrons. The number of benzene rings is 2. The first kappa shape index (κ1) is 24.8. The van der Waals surface area contributed by atoms with Gasteiger partial charge in [-0.25, -0.2) is 4.79 Å². The number of hydrogen-bond donors (Lipinski definition) is 2. The number of rotatable bonds is 8. The van der Waals surface area contributed by atoms with Gasteiger partial charge in [-0.2, -0.15) is 0 Å². The zero-order chi connectivity index (χ0) is 23.8. The van der Waals surface area contributed by atoms with Gasteiger partial charge in [0.2, 0.25) is 5.91 Å². The molecular formula is C26H32N2O4S. The molecular weight excluding hydrogens is 436 g/mol. The third-order valence-electron chi connectivity index (χ3n) is 6.19. The second-order valence-electron chi connectivity index (χ2n) is 8.72. The largest absolute Gasteiger partial charge is 0.452 e. The molecule has 6 nitrogen and oxygen atoms in total. The van der Waals surface area contributed by atoms with Crippen molar-refractivity contribution in [3.8, 4) is 0 Å². The molecule has 0 aromatic heterocycles. The number of carbonyl (C=O) groups is 3. The maximum Gasteiger partial charge on any atom is 0.339 e. The van der Waals surface area contributed by atoms with Crippen LogP contribution in [-0.4, -0.2) is 36.2 Å². The van der Waals surface area contributed by atoms with Crippen molar-refractivity contribution in [1.82, 2.24) is 5.32 Å². The van der Waals surface area contributed by atoms with E-state index in [1.165, 1.54) is 18.2 Å². The summed E-state index contributed by atoms with van der Waals surface area (Å²) >= 11 is 1.26. The molecule has 2 aromatic rings. The van der Waals surface area contributed by atoms with Crippen molar-refractivity contribution < 1.29 is 19.1 Å². The fourth-order valence-corrected chi connectivity index (χ4v) is 4.82. The lowest BCUT2D eigenvalue weighted by Crippen LogP contribution is -2.45. The van der Waals surface area contributed by atoms with Gasteiger partial charge in [0, 0.05) is 16.6 Å². The molecule has 2 aromatic carbocycles. The van der Waals surface area contributed by atoms with Crippen molar-refractivity contribution in [2.45, 2.75) is 51.0 Å². The molecule has 1 fully saturated rings. The monoisotopic (exact) mass is 468 g/mol. The van der Waals surface area contributed by atoms with Crippen LogP contribution in [0.3, 0.4) is 0 Å². The second kappa shape index (κ2) is 11.9. The number of ether oxygens (including phenoxy) is 1. The Morgan fingerprint density at radius 2 is 1.73 bits per heavy atom. The maximum absolute atomic E-state index is 12.6. The first-order valence-corrected chi connectivity index (χ1v) is 12.4.